The van der Waals surface area contributed by atoms with E-state index < -0.39 is 0 Å². The Labute approximate surface area is 138 Å². The lowest BCUT2D eigenvalue weighted by molar-refractivity contribution is 0.182. The first kappa shape index (κ1) is 16.3. The topological polar surface area (TPSA) is 57.1 Å². The van der Waals surface area contributed by atoms with Gasteiger partial charge in [-0.15, -0.1) is 0 Å². The molecular weight excluding hydrogens is 288 g/mol. The van der Waals surface area contributed by atoms with E-state index in [1.165, 1.54) is 44.5 Å². The summed E-state index contributed by atoms with van der Waals surface area (Å²) in [5.41, 5.74) is 2.16. The third-order valence-electron chi connectivity index (χ3n) is 4.70. The largest absolute Gasteiger partial charge is 0.460 e. The molecule has 0 bridgehead atoms. The molecule has 5 nitrogen and oxygen atoms in total. The smallest absolute Gasteiger partial charge is 0.152 e. The average Bonchev–Trinajstić information content (AvgIpc) is 3.18. The standard InChI is InChI=1S/C18H28N4O/c1-3-8-22-9-6-15(7-10-22)11-19-12-16-13-20-21-18(16)17-5-4-14(2)23-17/h4-5,13,15,19H,3,6-12H2,1-2H3,(H,20,21). The molecule has 1 aliphatic rings. The highest BCUT2D eigenvalue weighted by atomic mass is 16.3. The van der Waals surface area contributed by atoms with Gasteiger partial charge in [-0.1, -0.05) is 6.92 Å². The fourth-order valence-corrected chi connectivity index (χ4v) is 3.37. The molecule has 23 heavy (non-hydrogen) atoms. The van der Waals surface area contributed by atoms with Gasteiger partial charge in [-0.25, -0.2) is 0 Å². The van der Waals surface area contributed by atoms with Gasteiger partial charge < -0.3 is 14.6 Å². The molecule has 1 saturated heterocycles. The van der Waals surface area contributed by atoms with E-state index in [1.54, 1.807) is 0 Å². The van der Waals surface area contributed by atoms with Crippen molar-refractivity contribution in [3.8, 4) is 11.5 Å². The molecule has 126 valence electrons. The Morgan fingerprint density at radius 2 is 2.17 bits per heavy atom. The zero-order valence-electron chi connectivity index (χ0n) is 14.3. The first-order valence-electron chi connectivity index (χ1n) is 8.78. The van der Waals surface area contributed by atoms with Gasteiger partial charge in [-0.3, -0.25) is 5.10 Å². The zero-order valence-corrected chi connectivity index (χ0v) is 14.3. The van der Waals surface area contributed by atoms with Crippen molar-refractivity contribution in [3.05, 3.63) is 29.7 Å². The number of nitrogens with one attached hydrogen (secondary N) is 2. The number of aromatic amines is 1. The Balaban J connectivity index is 1.46. The number of aromatic nitrogens is 2. The zero-order chi connectivity index (χ0) is 16.1. The van der Waals surface area contributed by atoms with Gasteiger partial charge in [0.1, 0.15) is 11.5 Å². The highest BCUT2D eigenvalue weighted by Crippen LogP contribution is 2.23. The van der Waals surface area contributed by atoms with Gasteiger partial charge in [-0.05, 0) is 70.4 Å². The number of H-pyrrole nitrogens is 1. The molecule has 0 unspecified atom stereocenters. The minimum atomic E-state index is 0.796. The lowest BCUT2D eigenvalue weighted by Crippen LogP contribution is -2.37. The summed E-state index contributed by atoms with van der Waals surface area (Å²) < 4.78 is 5.70. The van der Waals surface area contributed by atoms with Crippen LogP contribution in [0, 0.1) is 12.8 Å². The third kappa shape index (κ3) is 4.24. The molecule has 1 aliphatic heterocycles. The molecule has 1 fully saturated rings. The van der Waals surface area contributed by atoms with Crippen molar-refractivity contribution in [2.75, 3.05) is 26.2 Å². The summed E-state index contributed by atoms with van der Waals surface area (Å²) >= 11 is 0. The molecule has 3 rings (SSSR count). The number of nitrogens with zero attached hydrogens (tertiary/aromatic N) is 2. The Bertz CT molecular complexity index is 596. The summed E-state index contributed by atoms with van der Waals surface area (Å²) in [7, 11) is 0. The van der Waals surface area contributed by atoms with E-state index >= 15 is 0 Å². The van der Waals surface area contributed by atoms with Crippen LogP contribution in [0.15, 0.2) is 22.7 Å². The lowest BCUT2D eigenvalue weighted by atomic mass is 9.96. The molecule has 0 spiro atoms. The quantitative estimate of drug-likeness (QED) is 0.823. The van der Waals surface area contributed by atoms with Crippen LogP contribution < -0.4 is 5.32 Å². The Morgan fingerprint density at radius 3 is 2.87 bits per heavy atom. The van der Waals surface area contributed by atoms with E-state index in [9.17, 15) is 0 Å². The van der Waals surface area contributed by atoms with E-state index in [0.717, 1.165) is 36.2 Å². The van der Waals surface area contributed by atoms with Gasteiger partial charge >= 0.3 is 0 Å². The minimum Gasteiger partial charge on any atom is -0.460 e. The third-order valence-corrected chi connectivity index (χ3v) is 4.70. The van der Waals surface area contributed by atoms with Crippen molar-refractivity contribution in [1.82, 2.24) is 20.4 Å². The van der Waals surface area contributed by atoms with E-state index in [4.69, 9.17) is 4.42 Å². The van der Waals surface area contributed by atoms with Crippen molar-refractivity contribution >= 4 is 0 Å². The van der Waals surface area contributed by atoms with Gasteiger partial charge in [0.2, 0.25) is 0 Å². The second-order valence-electron chi connectivity index (χ2n) is 6.60. The van der Waals surface area contributed by atoms with Gasteiger partial charge in [0.05, 0.1) is 6.20 Å². The van der Waals surface area contributed by atoms with Crippen molar-refractivity contribution in [3.63, 3.8) is 0 Å². The number of likely N-dealkylation sites (tertiary alicyclic amines) is 1. The lowest BCUT2D eigenvalue weighted by Gasteiger charge is -2.31. The molecule has 0 aromatic carbocycles. The Hall–Kier alpha value is -1.59. The van der Waals surface area contributed by atoms with Gasteiger partial charge in [-0.2, -0.15) is 5.10 Å². The van der Waals surface area contributed by atoms with Crippen LogP contribution in [0.1, 0.15) is 37.5 Å². The molecule has 0 saturated carbocycles. The maximum absolute atomic E-state index is 5.70. The van der Waals surface area contributed by atoms with Crippen LogP contribution >= 0.6 is 0 Å². The van der Waals surface area contributed by atoms with Crippen molar-refractivity contribution in [2.24, 2.45) is 5.92 Å². The number of rotatable bonds is 7. The van der Waals surface area contributed by atoms with Crippen LogP contribution in [0.25, 0.3) is 11.5 Å². The van der Waals surface area contributed by atoms with Gasteiger partial charge in [0.15, 0.2) is 5.76 Å². The number of aryl methyl sites for hydroxylation is 1. The summed E-state index contributed by atoms with van der Waals surface area (Å²) in [6, 6.07) is 3.98. The summed E-state index contributed by atoms with van der Waals surface area (Å²) in [4.78, 5) is 2.59. The molecule has 2 N–H and O–H groups in total. The fraction of sp³-hybridized carbons (Fsp3) is 0.611. The van der Waals surface area contributed by atoms with Crippen LogP contribution in [-0.4, -0.2) is 41.3 Å². The van der Waals surface area contributed by atoms with E-state index in [-0.39, 0.29) is 0 Å². The predicted octanol–water partition coefficient (Wildman–Crippen LogP) is 3.19. The molecular formula is C18H28N4O. The van der Waals surface area contributed by atoms with E-state index in [2.05, 4.69) is 27.3 Å². The minimum absolute atomic E-state index is 0.796. The first-order valence-corrected chi connectivity index (χ1v) is 8.78. The molecule has 0 radical (unpaired) electrons. The number of hydrogen-bond acceptors (Lipinski definition) is 4. The maximum atomic E-state index is 5.70. The van der Waals surface area contributed by atoms with E-state index in [0.29, 0.717) is 0 Å². The normalized spacial score (nSPS) is 17.0. The monoisotopic (exact) mass is 316 g/mol. The second kappa shape index (κ2) is 7.79. The van der Waals surface area contributed by atoms with Crippen LogP contribution in [0.4, 0.5) is 0 Å². The van der Waals surface area contributed by atoms with Crippen LogP contribution in [0.3, 0.4) is 0 Å². The van der Waals surface area contributed by atoms with Gasteiger partial charge in [0, 0.05) is 12.1 Å². The predicted molar refractivity (Wildman–Crippen MR) is 92.2 cm³/mol. The molecule has 3 heterocycles. The van der Waals surface area contributed by atoms with Crippen LogP contribution in [-0.2, 0) is 6.54 Å². The first-order chi connectivity index (χ1) is 11.3. The highest BCUT2D eigenvalue weighted by Gasteiger charge is 2.18. The molecule has 0 atom stereocenters. The van der Waals surface area contributed by atoms with Crippen LogP contribution in [0.2, 0.25) is 0 Å². The van der Waals surface area contributed by atoms with Crippen molar-refractivity contribution in [2.45, 2.75) is 39.7 Å². The second-order valence-corrected chi connectivity index (χ2v) is 6.60. The van der Waals surface area contributed by atoms with Crippen molar-refractivity contribution < 1.29 is 4.42 Å². The van der Waals surface area contributed by atoms with Crippen molar-refractivity contribution in [1.29, 1.82) is 0 Å². The number of furan rings is 1. The van der Waals surface area contributed by atoms with Crippen LogP contribution in [0.5, 0.6) is 0 Å². The summed E-state index contributed by atoms with van der Waals surface area (Å²) in [5, 5.41) is 10.8. The number of piperidine rings is 1. The Morgan fingerprint density at radius 1 is 1.35 bits per heavy atom. The highest BCUT2D eigenvalue weighted by molar-refractivity contribution is 5.56. The fourth-order valence-electron chi connectivity index (χ4n) is 3.37. The average molecular weight is 316 g/mol. The SMILES string of the molecule is CCCN1CCC(CNCc2cn[nH]c2-c2ccc(C)o2)CC1. The summed E-state index contributed by atoms with van der Waals surface area (Å²) in [6.07, 6.45) is 5.77. The maximum Gasteiger partial charge on any atom is 0.152 e. The molecule has 2 aromatic heterocycles. The Kier molecular flexibility index (Phi) is 5.51. The molecule has 5 heteroatoms. The van der Waals surface area contributed by atoms with E-state index in [1.807, 2.05) is 25.3 Å². The molecule has 0 amide bonds. The molecule has 0 aliphatic carbocycles. The van der Waals surface area contributed by atoms with Gasteiger partial charge in [0.25, 0.3) is 0 Å². The summed E-state index contributed by atoms with van der Waals surface area (Å²) in [5.74, 6) is 2.58. The molecule has 2 aromatic rings. The number of hydrogen-bond donors (Lipinski definition) is 2. The summed E-state index contributed by atoms with van der Waals surface area (Å²) in [6.45, 7) is 9.90.